The fourth-order valence-corrected chi connectivity index (χ4v) is 3.07. The van der Waals surface area contributed by atoms with Crippen molar-refractivity contribution < 1.29 is 18.7 Å². The van der Waals surface area contributed by atoms with Crippen molar-refractivity contribution in [2.75, 3.05) is 13.2 Å². The summed E-state index contributed by atoms with van der Waals surface area (Å²) in [5, 5.41) is 2.86. The molecule has 1 N–H and O–H groups in total. The SMILES string of the molecule is Cc1ccc(C(C)C)c(OCc2ccc(C(=O)NCC3CCCO3)o2)c1. The van der Waals surface area contributed by atoms with Gasteiger partial charge in [-0.15, -0.1) is 0 Å². The van der Waals surface area contributed by atoms with Crippen LogP contribution in [0.15, 0.2) is 34.7 Å². The van der Waals surface area contributed by atoms with Crippen LogP contribution >= 0.6 is 0 Å². The number of hydrogen-bond acceptors (Lipinski definition) is 4. The molecule has 3 rings (SSSR count). The van der Waals surface area contributed by atoms with Crippen LogP contribution in [0.1, 0.15) is 60.0 Å². The van der Waals surface area contributed by atoms with E-state index in [2.05, 4.69) is 31.3 Å². The summed E-state index contributed by atoms with van der Waals surface area (Å²) < 4.78 is 17.1. The molecule has 0 saturated carbocycles. The molecule has 1 fully saturated rings. The van der Waals surface area contributed by atoms with E-state index in [0.29, 0.717) is 30.6 Å². The molecular formula is C21H27NO4. The fourth-order valence-electron chi connectivity index (χ4n) is 3.07. The predicted molar refractivity (Wildman–Crippen MR) is 99.6 cm³/mol. The van der Waals surface area contributed by atoms with E-state index in [1.54, 1.807) is 12.1 Å². The van der Waals surface area contributed by atoms with Crippen LogP contribution < -0.4 is 10.1 Å². The Morgan fingerprint density at radius 1 is 1.31 bits per heavy atom. The number of ether oxygens (including phenoxy) is 2. The Hall–Kier alpha value is -2.27. The second-order valence-electron chi connectivity index (χ2n) is 7.10. The van der Waals surface area contributed by atoms with E-state index in [0.717, 1.165) is 36.3 Å². The molecule has 5 heteroatoms. The van der Waals surface area contributed by atoms with Gasteiger partial charge in [-0.3, -0.25) is 4.79 Å². The van der Waals surface area contributed by atoms with Gasteiger partial charge in [0, 0.05) is 13.2 Å². The molecule has 0 radical (unpaired) electrons. The van der Waals surface area contributed by atoms with Crippen molar-refractivity contribution in [3.8, 4) is 5.75 Å². The third kappa shape index (κ3) is 4.67. The summed E-state index contributed by atoms with van der Waals surface area (Å²) in [5.41, 5.74) is 2.31. The summed E-state index contributed by atoms with van der Waals surface area (Å²) in [6.07, 6.45) is 2.17. The lowest BCUT2D eigenvalue weighted by Gasteiger charge is -2.14. The molecule has 1 saturated heterocycles. The Morgan fingerprint density at radius 2 is 2.15 bits per heavy atom. The van der Waals surface area contributed by atoms with Crippen molar-refractivity contribution in [1.82, 2.24) is 5.32 Å². The Labute approximate surface area is 154 Å². The maximum absolute atomic E-state index is 12.2. The molecule has 0 aliphatic carbocycles. The van der Waals surface area contributed by atoms with Crippen LogP contribution in [0.4, 0.5) is 0 Å². The minimum absolute atomic E-state index is 0.118. The first-order valence-electron chi connectivity index (χ1n) is 9.25. The van der Waals surface area contributed by atoms with Gasteiger partial charge in [-0.05, 0) is 55.0 Å². The smallest absolute Gasteiger partial charge is 0.287 e. The van der Waals surface area contributed by atoms with E-state index in [4.69, 9.17) is 13.9 Å². The molecule has 2 heterocycles. The standard InChI is InChI=1S/C21H27NO4/c1-14(2)18-8-6-15(3)11-20(18)25-13-17-7-9-19(26-17)21(23)22-12-16-5-4-10-24-16/h6-9,11,14,16H,4-5,10,12-13H2,1-3H3,(H,22,23). The van der Waals surface area contributed by atoms with Crippen molar-refractivity contribution in [2.45, 2.75) is 52.2 Å². The highest BCUT2D eigenvalue weighted by Crippen LogP contribution is 2.28. The zero-order valence-corrected chi connectivity index (χ0v) is 15.7. The molecule has 1 amide bonds. The zero-order valence-electron chi connectivity index (χ0n) is 15.7. The number of amides is 1. The Morgan fingerprint density at radius 3 is 2.88 bits per heavy atom. The van der Waals surface area contributed by atoms with Crippen LogP contribution in [-0.2, 0) is 11.3 Å². The molecule has 0 bridgehead atoms. The maximum atomic E-state index is 12.2. The highest BCUT2D eigenvalue weighted by Gasteiger charge is 2.18. The second kappa shape index (κ2) is 8.41. The van der Waals surface area contributed by atoms with Crippen LogP contribution in [0.2, 0.25) is 0 Å². The molecular weight excluding hydrogens is 330 g/mol. The van der Waals surface area contributed by atoms with Crippen LogP contribution in [0.25, 0.3) is 0 Å². The molecule has 1 aliphatic heterocycles. The number of benzene rings is 1. The highest BCUT2D eigenvalue weighted by molar-refractivity contribution is 5.91. The van der Waals surface area contributed by atoms with Gasteiger partial charge >= 0.3 is 0 Å². The van der Waals surface area contributed by atoms with Gasteiger partial charge in [0.05, 0.1) is 6.10 Å². The monoisotopic (exact) mass is 357 g/mol. The first kappa shape index (κ1) is 18.5. The minimum Gasteiger partial charge on any atom is -0.485 e. The van der Waals surface area contributed by atoms with E-state index in [1.807, 2.05) is 13.0 Å². The summed E-state index contributed by atoms with van der Waals surface area (Å²) in [5.74, 6) is 1.95. The number of carbonyl (C=O) groups is 1. The molecule has 5 nitrogen and oxygen atoms in total. The Bertz CT molecular complexity index is 744. The number of carbonyl (C=O) groups excluding carboxylic acids is 1. The summed E-state index contributed by atoms with van der Waals surface area (Å²) in [6, 6.07) is 9.69. The van der Waals surface area contributed by atoms with E-state index < -0.39 is 0 Å². The van der Waals surface area contributed by atoms with Gasteiger partial charge in [-0.25, -0.2) is 0 Å². The lowest BCUT2D eigenvalue weighted by Crippen LogP contribution is -2.31. The zero-order chi connectivity index (χ0) is 18.5. The fraction of sp³-hybridized carbons (Fsp3) is 0.476. The van der Waals surface area contributed by atoms with Gasteiger partial charge in [0.1, 0.15) is 18.1 Å². The van der Waals surface area contributed by atoms with Gasteiger partial charge in [0.25, 0.3) is 5.91 Å². The number of hydrogen-bond donors (Lipinski definition) is 1. The molecule has 2 aromatic rings. The first-order valence-corrected chi connectivity index (χ1v) is 9.25. The Balaban J connectivity index is 1.57. The van der Waals surface area contributed by atoms with Crippen LogP contribution in [0, 0.1) is 6.92 Å². The lowest BCUT2D eigenvalue weighted by molar-refractivity contribution is 0.0832. The lowest BCUT2D eigenvalue weighted by atomic mass is 10.0. The third-order valence-electron chi connectivity index (χ3n) is 4.56. The van der Waals surface area contributed by atoms with Crippen molar-refractivity contribution in [1.29, 1.82) is 0 Å². The molecule has 1 unspecified atom stereocenters. The van der Waals surface area contributed by atoms with Crippen molar-refractivity contribution in [3.63, 3.8) is 0 Å². The van der Waals surface area contributed by atoms with Gasteiger partial charge in [0.15, 0.2) is 5.76 Å². The van der Waals surface area contributed by atoms with Crippen molar-refractivity contribution in [2.24, 2.45) is 0 Å². The van der Waals surface area contributed by atoms with E-state index in [1.165, 1.54) is 0 Å². The molecule has 1 aliphatic rings. The predicted octanol–water partition coefficient (Wildman–Crippen LogP) is 4.20. The first-order chi connectivity index (χ1) is 12.5. The average molecular weight is 357 g/mol. The summed E-state index contributed by atoms with van der Waals surface area (Å²) in [4.78, 5) is 12.2. The molecule has 26 heavy (non-hydrogen) atoms. The third-order valence-corrected chi connectivity index (χ3v) is 4.56. The van der Waals surface area contributed by atoms with Crippen LogP contribution in [0.5, 0.6) is 5.75 Å². The molecule has 1 aromatic carbocycles. The molecule has 1 aromatic heterocycles. The summed E-state index contributed by atoms with van der Waals surface area (Å²) in [6.45, 7) is 7.91. The molecule has 0 spiro atoms. The summed E-state index contributed by atoms with van der Waals surface area (Å²) in [7, 11) is 0. The van der Waals surface area contributed by atoms with Gasteiger partial charge in [-0.1, -0.05) is 26.0 Å². The quantitative estimate of drug-likeness (QED) is 0.807. The van der Waals surface area contributed by atoms with Crippen molar-refractivity contribution >= 4 is 5.91 Å². The highest BCUT2D eigenvalue weighted by atomic mass is 16.5. The largest absolute Gasteiger partial charge is 0.485 e. The van der Waals surface area contributed by atoms with Gasteiger partial charge in [-0.2, -0.15) is 0 Å². The second-order valence-corrected chi connectivity index (χ2v) is 7.10. The van der Waals surface area contributed by atoms with Crippen LogP contribution in [-0.4, -0.2) is 25.2 Å². The van der Waals surface area contributed by atoms with Crippen molar-refractivity contribution in [3.05, 3.63) is 53.0 Å². The molecule has 140 valence electrons. The number of rotatable bonds is 7. The van der Waals surface area contributed by atoms with E-state index in [-0.39, 0.29) is 12.0 Å². The molecule has 1 atom stereocenters. The number of furan rings is 1. The number of aryl methyl sites for hydroxylation is 1. The van der Waals surface area contributed by atoms with Gasteiger partial charge < -0.3 is 19.2 Å². The van der Waals surface area contributed by atoms with E-state index >= 15 is 0 Å². The summed E-state index contributed by atoms with van der Waals surface area (Å²) >= 11 is 0. The topological polar surface area (TPSA) is 60.7 Å². The number of nitrogens with one attached hydrogen (secondary N) is 1. The van der Waals surface area contributed by atoms with Crippen LogP contribution in [0.3, 0.4) is 0 Å². The minimum atomic E-state index is -0.217. The average Bonchev–Trinajstić information content (AvgIpc) is 3.29. The maximum Gasteiger partial charge on any atom is 0.287 e. The normalized spacial score (nSPS) is 16.8. The Kier molecular flexibility index (Phi) is 5.99. The van der Waals surface area contributed by atoms with E-state index in [9.17, 15) is 4.79 Å². The van der Waals surface area contributed by atoms with Gasteiger partial charge in [0.2, 0.25) is 0 Å².